The third kappa shape index (κ3) is 3.92. The average molecular weight is 292 g/mol. The summed E-state index contributed by atoms with van der Waals surface area (Å²) in [6, 6.07) is 1.53. The lowest BCUT2D eigenvalue weighted by Gasteiger charge is -2.18. The van der Waals surface area contributed by atoms with Gasteiger partial charge in [-0.3, -0.25) is 9.78 Å². The molecule has 6 nitrogen and oxygen atoms in total. The Morgan fingerprint density at radius 3 is 2.35 bits per heavy atom. The molecule has 1 aromatic rings. The summed E-state index contributed by atoms with van der Waals surface area (Å²) < 4.78 is 36.8. The van der Waals surface area contributed by atoms with Crippen LogP contribution in [-0.4, -0.2) is 39.2 Å². The molecule has 9 heteroatoms. The zero-order valence-corrected chi connectivity index (χ0v) is 10.2. The van der Waals surface area contributed by atoms with Crippen molar-refractivity contribution in [2.45, 2.75) is 18.7 Å². The predicted molar refractivity (Wildman–Crippen MR) is 59.8 cm³/mol. The molecule has 1 rings (SSSR count). The number of nitrogens with zero attached hydrogens (tertiary/aromatic N) is 1. The van der Waals surface area contributed by atoms with Gasteiger partial charge in [0.15, 0.2) is 5.60 Å². The van der Waals surface area contributed by atoms with Crippen molar-refractivity contribution >= 4 is 11.9 Å². The minimum atomic E-state index is -4.56. The van der Waals surface area contributed by atoms with Crippen molar-refractivity contribution in [3.8, 4) is 0 Å². The van der Waals surface area contributed by atoms with E-state index in [-0.39, 0.29) is 5.69 Å². The van der Waals surface area contributed by atoms with E-state index < -0.39 is 35.8 Å². The van der Waals surface area contributed by atoms with Crippen LogP contribution >= 0.6 is 0 Å². The smallest absolute Gasteiger partial charge is 0.417 e. The molecule has 0 aliphatic rings. The highest BCUT2D eigenvalue weighted by Crippen LogP contribution is 2.28. The van der Waals surface area contributed by atoms with Gasteiger partial charge in [0.25, 0.3) is 5.91 Å². The third-order valence-electron chi connectivity index (χ3n) is 2.38. The standard InChI is InChI=1S/C11H11F3N2O4/c1-10(20,9(18)19)5-16-8(17)7-3-2-6(4-15-7)11(12,13)14/h2-4,20H,5H2,1H3,(H,16,17)(H,18,19). The second-order valence-electron chi connectivity index (χ2n) is 4.19. The van der Waals surface area contributed by atoms with Crippen LogP contribution in [0.1, 0.15) is 23.0 Å². The summed E-state index contributed by atoms with van der Waals surface area (Å²) in [5.74, 6) is -2.43. The molecule has 0 saturated heterocycles. The van der Waals surface area contributed by atoms with Gasteiger partial charge in [0.1, 0.15) is 5.69 Å². The molecule has 1 unspecified atom stereocenters. The first-order valence-electron chi connectivity index (χ1n) is 5.31. The Balaban J connectivity index is 2.72. The predicted octanol–water partition coefficient (Wildman–Crippen LogP) is 0.666. The van der Waals surface area contributed by atoms with Gasteiger partial charge in [-0.15, -0.1) is 0 Å². The molecule has 3 N–H and O–H groups in total. The van der Waals surface area contributed by atoms with Gasteiger partial charge in [-0.25, -0.2) is 4.79 Å². The highest BCUT2D eigenvalue weighted by Gasteiger charge is 2.32. The minimum absolute atomic E-state index is 0.320. The van der Waals surface area contributed by atoms with Crippen molar-refractivity contribution in [2.75, 3.05) is 6.54 Å². The number of pyridine rings is 1. The molecule has 0 bridgehead atoms. The number of carboxylic acids is 1. The first kappa shape index (κ1) is 15.9. The van der Waals surface area contributed by atoms with Crippen molar-refractivity contribution in [3.63, 3.8) is 0 Å². The molecule has 0 spiro atoms. The Hall–Kier alpha value is -2.16. The Morgan fingerprint density at radius 2 is 1.95 bits per heavy atom. The molecule has 1 atom stereocenters. The molecule has 1 amide bonds. The number of aliphatic hydroxyl groups is 1. The largest absolute Gasteiger partial charge is 0.479 e. The van der Waals surface area contributed by atoms with Crippen molar-refractivity contribution in [1.82, 2.24) is 10.3 Å². The summed E-state index contributed by atoms with van der Waals surface area (Å²) in [6.45, 7) is 0.361. The van der Waals surface area contributed by atoms with Crippen LogP contribution in [0.4, 0.5) is 13.2 Å². The molecule has 0 aliphatic heterocycles. The van der Waals surface area contributed by atoms with Gasteiger partial charge in [0.2, 0.25) is 0 Å². The van der Waals surface area contributed by atoms with Crippen molar-refractivity contribution < 1.29 is 33.0 Å². The molecule has 0 aliphatic carbocycles. The van der Waals surface area contributed by atoms with Crippen LogP contribution < -0.4 is 5.32 Å². The molecule has 20 heavy (non-hydrogen) atoms. The summed E-state index contributed by atoms with van der Waals surface area (Å²) in [7, 11) is 0. The Kier molecular flexibility index (Phi) is 4.33. The minimum Gasteiger partial charge on any atom is -0.479 e. The number of alkyl halides is 3. The monoisotopic (exact) mass is 292 g/mol. The highest BCUT2D eigenvalue weighted by molar-refractivity contribution is 5.92. The zero-order valence-electron chi connectivity index (χ0n) is 10.2. The van der Waals surface area contributed by atoms with E-state index >= 15 is 0 Å². The molecule has 0 fully saturated rings. The second kappa shape index (κ2) is 5.45. The Labute approximate surface area is 111 Å². The van der Waals surface area contributed by atoms with E-state index in [2.05, 4.69) is 10.3 Å². The molecule has 1 aromatic heterocycles. The molecule has 1 heterocycles. The second-order valence-corrected chi connectivity index (χ2v) is 4.19. The van der Waals surface area contributed by atoms with Gasteiger partial charge in [-0.05, 0) is 19.1 Å². The molecule has 0 saturated carbocycles. The van der Waals surface area contributed by atoms with Gasteiger partial charge in [-0.2, -0.15) is 13.2 Å². The van der Waals surface area contributed by atoms with Gasteiger partial charge < -0.3 is 15.5 Å². The summed E-state index contributed by atoms with van der Waals surface area (Å²) >= 11 is 0. The Bertz CT molecular complexity index is 511. The number of aromatic nitrogens is 1. The molecular weight excluding hydrogens is 281 g/mol. The van der Waals surface area contributed by atoms with Crippen LogP contribution in [0.3, 0.4) is 0 Å². The van der Waals surface area contributed by atoms with Crippen LogP contribution in [0.15, 0.2) is 18.3 Å². The summed E-state index contributed by atoms with van der Waals surface area (Å²) in [5, 5.41) is 20.0. The van der Waals surface area contributed by atoms with E-state index in [1.165, 1.54) is 0 Å². The number of rotatable bonds is 4. The number of hydrogen-bond acceptors (Lipinski definition) is 4. The number of halogens is 3. The van der Waals surface area contributed by atoms with Crippen LogP contribution in [-0.2, 0) is 11.0 Å². The van der Waals surface area contributed by atoms with E-state index in [0.29, 0.717) is 12.3 Å². The molecular formula is C11H11F3N2O4. The van der Waals surface area contributed by atoms with E-state index in [4.69, 9.17) is 5.11 Å². The van der Waals surface area contributed by atoms with Crippen molar-refractivity contribution in [1.29, 1.82) is 0 Å². The number of nitrogens with one attached hydrogen (secondary N) is 1. The van der Waals surface area contributed by atoms with E-state index in [1.54, 1.807) is 0 Å². The fourth-order valence-corrected chi connectivity index (χ4v) is 1.11. The maximum absolute atomic E-state index is 12.3. The number of carbonyl (C=O) groups excluding carboxylic acids is 1. The normalized spacial score (nSPS) is 14.4. The van der Waals surface area contributed by atoms with Crippen LogP contribution in [0.2, 0.25) is 0 Å². The van der Waals surface area contributed by atoms with Gasteiger partial charge in [0.05, 0.1) is 12.1 Å². The topological polar surface area (TPSA) is 99.5 Å². The lowest BCUT2D eigenvalue weighted by molar-refractivity contribution is -0.155. The molecule has 0 radical (unpaired) electrons. The van der Waals surface area contributed by atoms with Crippen LogP contribution in [0.25, 0.3) is 0 Å². The van der Waals surface area contributed by atoms with Gasteiger partial charge >= 0.3 is 12.1 Å². The number of aliphatic carboxylic acids is 1. The van der Waals surface area contributed by atoms with Gasteiger partial charge in [0, 0.05) is 6.20 Å². The summed E-state index contributed by atoms with van der Waals surface area (Å²) in [6.07, 6.45) is -4.07. The maximum Gasteiger partial charge on any atom is 0.417 e. The number of hydrogen-bond donors (Lipinski definition) is 3. The van der Waals surface area contributed by atoms with Gasteiger partial charge in [-0.1, -0.05) is 0 Å². The summed E-state index contributed by atoms with van der Waals surface area (Å²) in [4.78, 5) is 25.4. The number of carboxylic acid groups (broad SMARTS) is 1. The van der Waals surface area contributed by atoms with Crippen LogP contribution in [0, 0.1) is 0 Å². The number of amides is 1. The lowest BCUT2D eigenvalue weighted by Crippen LogP contribution is -2.46. The Morgan fingerprint density at radius 1 is 1.35 bits per heavy atom. The summed E-state index contributed by atoms with van der Waals surface area (Å²) in [5.41, 5.74) is -3.51. The highest BCUT2D eigenvalue weighted by atomic mass is 19.4. The molecule has 110 valence electrons. The first-order valence-corrected chi connectivity index (χ1v) is 5.31. The maximum atomic E-state index is 12.3. The first-order chi connectivity index (χ1) is 9.04. The van der Waals surface area contributed by atoms with Crippen LogP contribution in [0.5, 0.6) is 0 Å². The van der Waals surface area contributed by atoms with E-state index in [1.807, 2.05) is 0 Å². The van der Waals surface area contributed by atoms with Crippen molar-refractivity contribution in [2.24, 2.45) is 0 Å². The van der Waals surface area contributed by atoms with Crippen molar-refractivity contribution in [3.05, 3.63) is 29.6 Å². The quantitative estimate of drug-likeness (QED) is 0.757. The molecule has 0 aromatic carbocycles. The lowest BCUT2D eigenvalue weighted by atomic mass is 10.1. The average Bonchev–Trinajstić information content (AvgIpc) is 2.35. The SMILES string of the molecule is CC(O)(CNC(=O)c1ccc(C(F)(F)F)cn1)C(=O)O. The van der Waals surface area contributed by atoms with E-state index in [9.17, 15) is 27.9 Å². The zero-order chi connectivity index (χ0) is 15.6. The van der Waals surface area contributed by atoms with E-state index in [0.717, 1.165) is 13.0 Å². The third-order valence-corrected chi connectivity index (χ3v) is 2.38. The number of carbonyl (C=O) groups is 2. The fourth-order valence-electron chi connectivity index (χ4n) is 1.11. The fraction of sp³-hybridized carbons (Fsp3) is 0.364.